The number of azo groups is 1. The minimum atomic E-state index is -0.777. The Hall–Kier alpha value is -3.95. The molecule has 0 atom stereocenters. The molecule has 5 aromatic rings. The number of fused-ring (bicyclic) bond motifs is 1. The first-order chi connectivity index (χ1) is 16.1. The van der Waals surface area contributed by atoms with Gasteiger partial charge in [0.15, 0.2) is 5.75 Å². The minimum Gasteiger partial charge on any atom is -0.505 e. The Morgan fingerprint density at radius 1 is 0.879 bits per heavy atom. The summed E-state index contributed by atoms with van der Waals surface area (Å²) in [5.41, 5.74) is 0.364. The van der Waals surface area contributed by atoms with Crippen LogP contribution in [0.25, 0.3) is 22.4 Å². The number of rotatable bonds is 5. The molecule has 0 bridgehead atoms. The van der Waals surface area contributed by atoms with Crippen molar-refractivity contribution in [2.75, 3.05) is 0 Å². The highest BCUT2D eigenvalue weighted by Crippen LogP contribution is 2.34. The van der Waals surface area contributed by atoms with Gasteiger partial charge >= 0.3 is 5.63 Å². The molecule has 0 aliphatic heterocycles. The number of aromatic hydroxyl groups is 1. The first-order valence-electron chi connectivity index (χ1n) is 9.61. The average molecular weight is 477 g/mol. The lowest BCUT2D eigenvalue weighted by Gasteiger charge is -2.01. The van der Waals surface area contributed by atoms with Crippen LogP contribution in [0.1, 0.15) is 0 Å². The zero-order valence-corrected chi connectivity index (χ0v) is 18.2. The van der Waals surface area contributed by atoms with Gasteiger partial charge in [-0.05, 0) is 60.3 Å². The van der Waals surface area contributed by atoms with Crippen molar-refractivity contribution < 1.29 is 13.9 Å². The number of halogens is 1. The molecule has 5 rings (SSSR count). The summed E-state index contributed by atoms with van der Waals surface area (Å²) in [4.78, 5) is 13.0. The zero-order valence-electron chi connectivity index (χ0n) is 16.7. The molecule has 0 unspecified atom stereocenters. The van der Waals surface area contributed by atoms with Crippen LogP contribution in [-0.2, 0) is 0 Å². The Bertz CT molecular complexity index is 1550. The van der Waals surface area contributed by atoms with Crippen LogP contribution in [0.3, 0.4) is 0 Å². The van der Waals surface area contributed by atoms with Crippen molar-refractivity contribution in [1.29, 1.82) is 0 Å². The van der Waals surface area contributed by atoms with Gasteiger partial charge in [-0.3, -0.25) is 0 Å². The lowest BCUT2D eigenvalue weighted by Crippen LogP contribution is -1.98. The largest absolute Gasteiger partial charge is 0.505 e. The summed E-state index contributed by atoms with van der Waals surface area (Å²) in [6.07, 6.45) is 0. The Kier molecular flexibility index (Phi) is 5.64. The molecule has 0 amide bonds. The standard InChI is InChI=1S/C23H13ClN4O4S/c24-16-6-2-4-8-18(16)33-23-28-27-21(32-23)13-9-11-14(12-10-13)25-26-19-20(29)15-5-1-3-7-17(15)31-22(19)30/h1-12,29H. The van der Waals surface area contributed by atoms with Crippen LogP contribution >= 0.6 is 23.4 Å². The van der Waals surface area contributed by atoms with E-state index in [2.05, 4.69) is 20.4 Å². The molecule has 2 heterocycles. The molecule has 162 valence electrons. The lowest BCUT2D eigenvalue weighted by molar-refractivity contribution is 0.466. The second-order valence-electron chi connectivity index (χ2n) is 6.74. The van der Waals surface area contributed by atoms with E-state index in [0.717, 1.165) is 4.90 Å². The van der Waals surface area contributed by atoms with Crippen molar-refractivity contribution in [3.8, 4) is 17.2 Å². The van der Waals surface area contributed by atoms with Crippen LogP contribution in [0, 0.1) is 0 Å². The minimum absolute atomic E-state index is 0.268. The molecule has 3 aromatic carbocycles. The van der Waals surface area contributed by atoms with Crippen molar-refractivity contribution >= 4 is 45.7 Å². The molecular weight excluding hydrogens is 464 g/mol. The molecule has 10 heteroatoms. The maximum atomic E-state index is 12.2. The molecule has 0 aliphatic rings. The SMILES string of the molecule is O=c1oc2ccccc2c(O)c1N=Nc1ccc(-c2nnc(Sc3ccccc3Cl)o2)cc1. The number of hydrogen-bond acceptors (Lipinski definition) is 9. The Morgan fingerprint density at radius 3 is 2.45 bits per heavy atom. The van der Waals surface area contributed by atoms with E-state index in [0.29, 0.717) is 32.8 Å². The quantitative estimate of drug-likeness (QED) is 0.220. The maximum absolute atomic E-state index is 12.2. The van der Waals surface area contributed by atoms with Gasteiger partial charge in [-0.2, -0.15) is 5.11 Å². The molecule has 33 heavy (non-hydrogen) atoms. The number of benzene rings is 3. The third-order valence-corrected chi connectivity index (χ3v) is 5.94. The van der Waals surface area contributed by atoms with Crippen molar-refractivity contribution in [3.05, 3.63) is 88.2 Å². The van der Waals surface area contributed by atoms with Gasteiger partial charge in [0.05, 0.1) is 16.1 Å². The van der Waals surface area contributed by atoms with Gasteiger partial charge in [0, 0.05) is 10.5 Å². The van der Waals surface area contributed by atoms with Crippen molar-refractivity contribution in [2.24, 2.45) is 10.2 Å². The maximum Gasteiger partial charge on any atom is 0.368 e. The molecule has 2 aromatic heterocycles. The van der Waals surface area contributed by atoms with Gasteiger partial charge in [0.2, 0.25) is 11.6 Å². The van der Waals surface area contributed by atoms with Crippen LogP contribution in [-0.4, -0.2) is 15.3 Å². The highest BCUT2D eigenvalue weighted by Gasteiger charge is 2.14. The first kappa shape index (κ1) is 20.9. The predicted octanol–water partition coefficient (Wildman–Crippen LogP) is 6.77. The summed E-state index contributed by atoms with van der Waals surface area (Å²) in [6, 6.07) is 20.8. The number of nitrogens with zero attached hydrogens (tertiary/aromatic N) is 4. The fourth-order valence-electron chi connectivity index (χ4n) is 2.98. The Morgan fingerprint density at radius 2 is 1.64 bits per heavy atom. The van der Waals surface area contributed by atoms with Crippen LogP contribution in [0.2, 0.25) is 5.02 Å². The van der Waals surface area contributed by atoms with Crippen molar-refractivity contribution in [2.45, 2.75) is 10.1 Å². The second kappa shape index (κ2) is 8.89. The van der Waals surface area contributed by atoms with Crippen LogP contribution in [0.15, 0.2) is 107 Å². The number of hydrogen-bond donors (Lipinski definition) is 1. The van der Waals surface area contributed by atoms with E-state index >= 15 is 0 Å². The molecule has 0 fully saturated rings. The molecule has 0 saturated carbocycles. The normalized spacial score (nSPS) is 11.4. The summed E-state index contributed by atoms with van der Waals surface area (Å²) < 4.78 is 10.9. The van der Waals surface area contributed by atoms with Gasteiger partial charge in [0.1, 0.15) is 5.58 Å². The number of para-hydroxylation sites is 1. The highest BCUT2D eigenvalue weighted by atomic mass is 35.5. The van der Waals surface area contributed by atoms with E-state index in [9.17, 15) is 9.90 Å². The number of aromatic nitrogens is 2. The highest BCUT2D eigenvalue weighted by molar-refractivity contribution is 7.99. The third-order valence-electron chi connectivity index (χ3n) is 4.58. The molecule has 8 nitrogen and oxygen atoms in total. The van der Waals surface area contributed by atoms with Crippen LogP contribution < -0.4 is 5.63 Å². The summed E-state index contributed by atoms with van der Waals surface area (Å²) in [5, 5.41) is 27.7. The van der Waals surface area contributed by atoms with Crippen molar-refractivity contribution in [1.82, 2.24) is 10.2 Å². The second-order valence-corrected chi connectivity index (χ2v) is 8.14. The van der Waals surface area contributed by atoms with E-state index in [-0.39, 0.29) is 17.0 Å². The molecule has 0 saturated heterocycles. The fourth-order valence-corrected chi connectivity index (χ4v) is 3.93. The summed E-state index contributed by atoms with van der Waals surface area (Å²) in [6.45, 7) is 0. The third kappa shape index (κ3) is 4.36. The van der Waals surface area contributed by atoms with Crippen molar-refractivity contribution in [3.63, 3.8) is 0 Å². The van der Waals surface area contributed by atoms with E-state index in [1.807, 2.05) is 18.2 Å². The Labute approximate surface area is 195 Å². The smallest absolute Gasteiger partial charge is 0.368 e. The molecule has 0 radical (unpaired) electrons. The van der Waals surface area contributed by atoms with E-state index in [4.69, 9.17) is 20.4 Å². The molecular formula is C23H13ClN4O4S. The van der Waals surface area contributed by atoms with Gasteiger partial charge in [-0.15, -0.1) is 15.3 Å². The summed E-state index contributed by atoms with van der Waals surface area (Å²) >= 11 is 7.44. The molecule has 0 spiro atoms. The van der Waals surface area contributed by atoms with E-state index in [1.165, 1.54) is 11.8 Å². The fraction of sp³-hybridized carbons (Fsp3) is 0. The topological polar surface area (TPSA) is 114 Å². The molecule has 0 aliphatic carbocycles. The van der Waals surface area contributed by atoms with Gasteiger partial charge in [0.25, 0.3) is 5.22 Å². The summed E-state index contributed by atoms with van der Waals surface area (Å²) in [5.74, 6) is 0.0532. The summed E-state index contributed by atoms with van der Waals surface area (Å²) in [7, 11) is 0. The van der Waals surface area contributed by atoms with Gasteiger partial charge in [-0.1, -0.05) is 35.9 Å². The zero-order chi connectivity index (χ0) is 22.8. The Balaban J connectivity index is 1.35. The van der Waals surface area contributed by atoms with Gasteiger partial charge in [-0.25, -0.2) is 4.79 Å². The van der Waals surface area contributed by atoms with Crippen LogP contribution in [0.4, 0.5) is 11.4 Å². The van der Waals surface area contributed by atoms with Crippen LogP contribution in [0.5, 0.6) is 5.75 Å². The van der Waals surface area contributed by atoms with Gasteiger partial charge < -0.3 is 13.9 Å². The lowest BCUT2D eigenvalue weighted by atomic mass is 10.2. The molecule has 1 N–H and O–H groups in total. The first-order valence-corrected chi connectivity index (χ1v) is 10.8. The van der Waals surface area contributed by atoms with E-state index < -0.39 is 5.63 Å². The monoisotopic (exact) mass is 476 g/mol. The average Bonchev–Trinajstić information content (AvgIpc) is 3.29. The van der Waals surface area contributed by atoms with E-state index in [1.54, 1.807) is 54.6 Å². The predicted molar refractivity (Wildman–Crippen MR) is 124 cm³/mol.